The first-order valence-electron chi connectivity index (χ1n) is 6.60. The molecule has 0 unspecified atom stereocenters. The molecule has 0 saturated carbocycles. The third kappa shape index (κ3) is 4.21. The lowest BCUT2D eigenvalue weighted by Gasteiger charge is -2.18. The van der Waals surface area contributed by atoms with Crippen LogP contribution in [0.15, 0.2) is 18.2 Å². The summed E-state index contributed by atoms with van der Waals surface area (Å²) in [7, 11) is 1.60. The molecule has 19 heavy (non-hydrogen) atoms. The van der Waals surface area contributed by atoms with Gasteiger partial charge in [0.1, 0.15) is 5.82 Å². The van der Waals surface area contributed by atoms with Crippen molar-refractivity contribution in [3.05, 3.63) is 29.6 Å². The largest absolute Gasteiger partial charge is 0.385 e. The zero-order valence-electron chi connectivity index (χ0n) is 11.8. The maximum absolute atomic E-state index is 13.5. The van der Waals surface area contributed by atoms with E-state index in [0.717, 1.165) is 19.6 Å². The fraction of sp³-hybridized carbons (Fsp3) is 0.500. The van der Waals surface area contributed by atoms with Crippen LogP contribution in [0.2, 0.25) is 0 Å². The van der Waals surface area contributed by atoms with Crippen molar-refractivity contribution < 1.29 is 9.18 Å². The highest BCUT2D eigenvalue weighted by Crippen LogP contribution is 2.18. The van der Waals surface area contributed by atoms with E-state index in [4.69, 9.17) is 0 Å². The maximum atomic E-state index is 13.5. The summed E-state index contributed by atoms with van der Waals surface area (Å²) in [6.45, 7) is 7.42. The number of hydrogen-bond acceptors (Lipinski definition) is 3. The van der Waals surface area contributed by atoms with E-state index >= 15 is 0 Å². The van der Waals surface area contributed by atoms with Gasteiger partial charge in [-0.1, -0.05) is 19.9 Å². The Balaban J connectivity index is 2.61. The Hall–Kier alpha value is -1.62. The van der Waals surface area contributed by atoms with Gasteiger partial charge in [0.2, 0.25) is 0 Å². The second kappa shape index (κ2) is 7.74. The lowest BCUT2D eigenvalue weighted by atomic mass is 10.1. The molecule has 0 spiro atoms. The lowest BCUT2D eigenvalue weighted by molar-refractivity contribution is 0.0949. The minimum absolute atomic E-state index is 0.239. The molecule has 1 aromatic carbocycles. The zero-order chi connectivity index (χ0) is 14.3. The van der Waals surface area contributed by atoms with Crippen LogP contribution in [0.4, 0.5) is 10.1 Å². The van der Waals surface area contributed by atoms with Crippen LogP contribution in [0, 0.1) is 5.82 Å². The van der Waals surface area contributed by atoms with Gasteiger partial charge in [-0.25, -0.2) is 4.39 Å². The van der Waals surface area contributed by atoms with Crippen molar-refractivity contribution >= 4 is 11.6 Å². The summed E-state index contributed by atoms with van der Waals surface area (Å²) in [5.74, 6) is -0.671. The molecule has 1 rings (SSSR count). The summed E-state index contributed by atoms with van der Waals surface area (Å²) in [6, 6.07) is 4.48. The summed E-state index contributed by atoms with van der Waals surface area (Å²) < 4.78 is 13.5. The summed E-state index contributed by atoms with van der Waals surface area (Å²) >= 11 is 0. The van der Waals surface area contributed by atoms with Crippen molar-refractivity contribution in [3.63, 3.8) is 0 Å². The van der Waals surface area contributed by atoms with Crippen molar-refractivity contribution in [2.45, 2.75) is 13.8 Å². The molecule has 0 aliphatic carbocycles. The minimum atomic E-state index is -0.418. The number of para-hydroxylation sites is 1. The smallest absolute Gasteiger partial charge is 0.253 e. The van der Waals surface area contributed by atoms with Crippen LogP contribution in [-0.2, 0) is 0 Å². The van der Waals surface area contributed by atoms with Crippen LogP contribution >= 0.6 is 0 Å². The maximum Gasteiger partial charge on any atom is 0.253 e. The first kappa shape index (κ1) is 15.4. The highest BCUT2D eigenvalue weighted by atomic mass is 19.1. The Morgan fingerprint density at radius 2 is 2.00 bits per heavy atom. The topological polar surface area (TPSA) is 44.4 Å². The fourth-order valence-electron chi connectivity index (χ4n) is 1.93. The normalized spacial score (nSPS) is 10.6. The Morgan fingerprint density at radius 1 is 1.32 bits per heavy atom. The second-order valence-electron chi connectivity index (χ2n) is 4.20. The highest BCUT2D eigenvalue weighted by molar-refractivity contribution is 5.99. The van der Waals surface area contributed by atoms with Crippen LogP contribution in [0.1, 0.15) is 24.2 Å². The van der Waals surface area contributed by atoms with Crippen molar-refractivity contribution in [1.82, 2.24) is 10.2 Å². The molecular weight excluding hydrogens is 245 g/mol. The molecule has 2 N–H and O–H groups in total. The number of benzene rings is 1. The van der Waals surface area contributed by atoms with Crippen LogP contribution in [0.3, 0.4) is 0 Å². The molecule has 0 heterocycles. The van der Waals surface area contributed by atoms with Crippen LogP contribution in [0.25, 0.3) is 0 Å². The van der Waals surface area contributed by atoms with Crippen molar-refractivity contribution in [2.24, 2.45) is 0 Å². The van der Waals surface area contributed by atoms with E-state index in [0.29, 0.717) is 12.1 Å². The van der Waals surface area contributed by atoms with Crippen LogP contribution in [0.5, 0.6) is 0 Å². The molecule has 1 amide bonds. The van der Waals surface area contributed by atoms with Gasteiger partial charge in [0.05, 0.1) is 11.3 Å². The van der Waals surface area contributed by atoms with Gasteiger partial charge in [-0.2, -0.15) is 0 Å². The number of rotatable bonds is 7. The van der Waals surface area contributed by atoms with E-state index in [1.807, 2.05) is 0 Å². The molecule has 0 aliphatic heterocycles. The van der Waals surface area contributed by atoms with E-state index in [1.165, 1.54) is 12.1 Å². The summed E-state index contributed by atoms with van der Waals surface area (Å²) in [5.41, 5.74) is 0.574. The van der Waals surface area contributed by atoms with Crippen molar-refractivity contribution in [1.29, 1.82) is 0 Å². The van der Waals surface area contributed by atoms with Gasteiger partial charge < -0.3 is 15.5 Å². The van der Waals surface area contributed by atoms with E-state index in [2.05, 4.69) is 29.4 Å². The van der Waals surface area contributed by atoms with Gasteiger partial charge in [-0.05, 0) is 25.2 Å². The molecule has 1 aromatic rings. The molecule has 0 fully saturated rings. The molecule has 0 aliphatic rings. The molecule has 106 valence electrons. The van der Waals surface area contributed by atoms with E-state index < -0.39 is 5.82 Å². The SMILES string of the molecule is CCN(CC)CCNC(=O)c1cccc(F)c1NC. The highest BCUT2D eigenvalue weighted by Gasteiger charge is 2.13. The predicted molar refractivity (Wildman–Crippen MR) is 76.1 cm³/mol. The van der Waals surface area contributed by atoms with Gasteiger partial charge in [0.15, 0.2) is 0 Å². The summed E-state index contributed by atoms with van der Waals surface area (Å²) in [5, 5.41) is 5.53. The fourth-order valence-corrected chi connectivity index (χ4v) is 1.93. The molecule has 0 radical (unpaired) electrons. The Bertz CT molecular complexity index is 419. The van der Waals surface area contributed by atoms with Gasteiger partial charge in [0.25, 0.3) is 5.91 Å². The van der Waals surface area contributed by atoms with Gasteiger partial charge in [-0.15, -0.1) is 0 Å². The van der Waals surface area contributed by atoms with Crippen molar-refractivity contribution in [3.8, 4) is 0 Å². The predicted octanol–water partition coefficient (Wildman–Crippen LogP) is 1.94. The van der Waals surface area contributed by atoms with Crippen LogP contribution in [-0.4, -0.2) is 44.0 Å². The number of halogens is 1. The van der Waals surface area contributed by atoms with Crippen LogP contribution < -0.4 is 10.6 Å². The molecule has 0 saturated heterocycles. The number of nitrogens with zero attached hydrogens (tertiary/aromatic N) is 1. The first-order chi connectivity index (χ1) is 9.13. The third-order valence-electron chi connectivity index (χ3n) is 3.12. The molecule has 0 aromatic heterocycles. The molecular formula is C14H22FN3O. The number of likely N-dealkylation sites (N-methyl/N-ethyl adjacent to an activating group) is 1. The average Bonchev–Trinajstić information content (AvgIpc) is 2.43. The molecule has 5 heteroatoms. The number of nitrogens with one attached hydrogen (secondary N) is 2. The summed E-state index contributed by atoms with van der Waals surface area (Å²) in [6.07, 6.45) is 0. The zero-order valence-corrected chi connectivity index (χ0v) is 11.8. The number of amides is 1. The number of anilines is 1. The Morgan fingerprint density at radius 3 is 2.58 bits per heavy atom. The molecule has 4 nitrogen and oxygen atoms in total. The van der Waals surface area contributed by atoms with E-state index in [9.17, 15) is 9.18 Å². The lowest BCUT2D eigenvalue weighted by Crippen LogP contribution is -2.35. The Labute approximate surface area is 114 Å². The monoisotopic (exact) mass is 267 g/mol. The van der Waals surface area contributed by atoms with Gasteiger partial charge >= 0.3 is 0 Å². The van der Waals surface area contributed by atoms with E-state index in [-0.39, 0.29) is 11.6 Å². The number of carbonyl (C=O) groups is 1. The van der Waals surface area contributed by atoms with Gasteiger partial charge in [-0.3, -0.25) is 4.79 Å². The summed E-state index contributed by atoms with van der Waals surface area (Å²) in [4.78, 5) is 14.2. The third-order valence-corrected chi connectivity index (χ3v) is 3.12. The standard InChI is InChI=1S/C14H22FN3O/c1-4-18(5-2)10-9-17-14(19)11-7-6-8-12(15)13(11)16-3/h6-8,16H,4-5,9-10H2,1-3H3,(H,17,19). The Kier molecular flexibility index (Phi) is 6.29. The quantitative estimate of drug-likeness (QED) is 0.793. The van der Waals surface area contributed by atoms with E-state index in [1.54, 1.807) is 13.1 Å². The number of hydrogen-bond donors (Lipinski definition) is 2. The second-order valence-corrected chi connectivity index (χ2v) is 4.20. The minimum Gasteiger partial charge on any atom is -0.385 e. The number of carbonyl (C=O) groups excluding carboxylic acids is 1. The molecule has 0 bridgehead atoms. The molecule has 0 atom stereocenters. The van der Waals surface area contributed by atoms with Crippen molar-refractivity contribution in [2.75, 3.05) is 38.5 Å². The average molecular weight is 267 g/mol. The van der Waals surface area contributed by atoms with Gasteiger partial charge in [0, 0.05) is 20.1 Å². The first-order valence-corrected chi connectivity index (χ1v) is 6.60.